The Kier molecular flexibility index (Phi) is 19.8. The van der Waals surface area contributed by atoms with Crippen LogP contribution in [-0.4, -0.2) is 19.6 Å². The van der Waals surface area contributed by atoms with Gasteiger partial charge in [-0.3, -0.25) is 0 Å². The average molecular weight is 299 g/mol. The molecule has 2 heteroatoms. The monoisotopic (exact) mass is 298 g/mol. The fraction of sp³-hybridized carbons (Fsp3) is 1.00. The Morgan fingerprint density at radius 3 is 1.29 bits per heavy atom. The van der Waals surface area contributed by atoms with Gasteiger partial charge in [0.25, 0.3) is 0 Å². The van der Waals surface area contributed by atoms with Crippen LogP contribution in [0.2, 0.25) is 0 Å². The third-order valence-corrected chi connectivity index (χ3v) is 4.28. The zero-order valence-corrected chi connectivity index (χ0v) is 14.8. The summed E-state index contributed by atoms with van der Waals surface area (Å²) < 4.78 is 0. The van der Waals surface area contributed by atoms with Gasteiger partial charge < -0.3 is 11.1 Å². The summed E-state index contributed by atoms with van der Waals surface area (Å²) in [6, 6.07) is 0. The molecule has 0 aliphatic carbocycles. The van der Waals surface area contributed by atoms with Gasteiger partial charge in [-0.2, -0.15) is 0 Å². The molecule has 0 amide bonds. The molecular formula is C19H42N2. The molecule has 0 aromatic rings. The Hall–Kier alpha value is -0.0800. The molecule has 0 heterocycles. The van der Waals surface area contributed by atoms with Gasteiger partial charge in [0.1, 0.15) is 0 Å². The highest BCUT2D eigenvalue weighted by Crippen LogP contribution is 2.13. The van der Waals surface area contributed by atoms with E-state index in [2.05, 4.69) is 12.2 Å². The van der Waals surface area contributed by atoms with Crippen molar-refractivity contribution >= 4 is 0 Å². The number of nitrogens with one attached hydrogen (secondary N) is 1. The lowest BCUT2D eigenvalue weighted by atomic mass is 10.0. The molecule has 0 saturated carbocycles. The summed E-state index contributed by atoms with van der Waals surface area (Å²) in [5.74, 6) is 0. The van der Waals surface area contributed by atoms with Crippen molar-refractivity contribution in [3.63, 3.8) is 0 Å². The van der Waals surface area contributed by atoms with Crippen molar-refractivity contribution in [3.8, 4) is 0 Å². The average Bonchev–Trinajstić information content (AvgIpc) is 2.50. The maximum absolute atomic E-state index is 5.43. The lowest BCUT2D eigenvalue weighted by molar-refractivity contribution is 0.528. The van der Waals surface area contributed by atoms with E-state index in [9.17, 15) is 0 Å². The van der Waals surface area contributed by atoms with Crippen molar-refractivity contribution in [3.05, 3.63) is 0 Å². The highest BCUT2D eigenvalue weighted by Gasteiger charge is 1.94. The Labute approximate surface area is 134 Å². The Balaban J connectivity index is 2.90. The molecule has 2 nitrogen and oxygen atoms in total. The van der Waals surface area contributed by atoms with Crippen molar-refractivity contribution in [2.45, 2.75) is 103 Å². The van der Waals surface area contributed by atoms with Crippen LogP contribution in [0.3, 0.4) is 0 Å². The number of unbranched alkanes of at least 4 members (excludes halogenated alkanes) is 14. The van der Waals surface area contributed by atoms with Crippen LogP contribution in [-0.2, 0) is 0 Å². The summed E-state index contributed by atoms with van der Waals surface area (Å²) in [4.78, 5) is 0. The second-order valence-electron chi connectivity index (χ2n) is 6.49. The molecule has 3 N–H and O–H groups in total. The van der Waals surface area contributed by atoms with E-state index in [1.807, 2.05) is 0 Å². The van der Waals surface area contributed by atoms with Crippen LogP contribution >= 0.6 is 0 Å². The third-order valence-electron chi connectivity index (χ3n) is 4.28. The van der Waals surface area contributed by atoms with E-state index in [0.717, 1.165) is 19.6 Å². The first kappa shape index (κ1) is 20.9. The van der Waals surface area contributed by atoms with Crippen LogP contribution in [0.5, 0.6) is 0 Å². The summed E-state index contributed by atoms with van der Waals surface area (Å²) in [5.41, 5.74) is 5.43. The van der Waals surface area contributed by atoms with E-state index in [-0.39, 0.29) is 0 Å². The van der Waals surface area contributed by atoms with Gasteiger partial charge in [-0.05, 0) is 13.0 Å². The van der Waals surface area contributed by atoms with Crippen LogP contribution in [0.4, 0.5) is 0 Å². The minimum absolute atomic E-state index is 0.763. The highest BCUT2D eigenvalue weighted by molar-refractivity contribution is 4.51. The zero-order chi connectivity index (χ0) is 15.4. The standard InChI is InChI=1S/C19H42N2/c1-2-3-4-5-6-7-8-9-10-11-12-13-14-15-16-18-21-19-17-20/h21H,2-20H2,1H3. The smallest absolute Gasteiger partial charge is 0.00745 e. The summed E-state index contributed by atoms with van der Waals surface area (Å²) in [6.45, 7) is 5.17. The summed E-state index contributed by atoms with van der Waals surface area (Å²) in [6.07, 6.45) is 21.5. The predicted octanol–water partition coefficient (Wildman–Crippen LogP) is 5.41. The normalized spacial score (nSPS) is 11.1. The van der Waals surface area contributed by atoms with E-state index in [4.69, 9.17) is 5.73 Å². The van der Waals surface area contributed by atoms with Crippen LogP contribution in [0.15, 0.2) is 0 Å². The molecular weight excluding hydrogens is 256 g/mol. The molecule has 0 atom stereocenters. The molecule has 0 aliphatic rings. The van der Waals surface area contributed by atoms with Crippen molar-refractivity contribution in [2.75, 3.05) is 19.6 Å². The Bertz CT molecular complexity index is 153. The topological polar surface area (TPSA) is 38.0 Å². The van der Waals surface area contributed by atoms with E-state index in [1.54, 1.807) is 0 Å². The fourth-order valence-electron chi connectivity index (χ4n) is 2.85. The van der Waals surface area contributed by atoms with Gasteiger partial charge in [-0.25, -0.2) is 0 Å². The molecule has 0 fully saturated rings. The second kappa shape index (κ2) is 19.9. The van der Waals surface area contributed by atoms with E-state index in [1.165, 1.54) is 96.3 Å². The molecule has 0 bridgehead atoms. The third kappa shape index (κ3) is 19.9. The first-order valence-corrected chi connectivity index (χ1v) is 9.82. The van der Waals surface area contributed by atoms with E-state index >= 15 is 0 Å². The molecule has 0 spiro atoms. The molecule has 128 valence electrons. The van der Waals surface area contributed by atoms with Crippen molar-refractivity contribution in [1.29, 1.82) is 0 Å². The van der Waals surface area contributed by atoms with Gasteiger partial charge in [0.15, 0.2) is 0 Å². The van der Waals surface area contributed by atoms with Crippen LogP contribution < -0.4 is 11.1 Å². The van der Waals surface area contributed by atoms with Gasteiger partial charge >= 0.3 is 0 Å². The van der Waals surface area contributed by atoms with Crippen molar-refractivity contribution < 1.29 is 0 Å². The predicted molar refractivity (Wildman–Crippen MR) is 96.9 cm³/mol. The van der Waals surface area contributed by atoms with E-state index in [0.29, 0.717) is 0 Å². The summed E-state index contributed by atoms with van der Waals surface area (Å²) in [5, 5.41) is 3.36. The number of nitrogens with two attached hydrogens (primary N) is 1. The molecule has 0 radical (unpaired) electrons. The summed E-state index contributed by atoms with van der Waals surface area (Å²) in [7, 11) is 0. The molecule has 0 rings (SSSR count). The number of rotatable bonds is 18. The molecule has 0 aliphatic heterocycles. The number of hydrogen-bond acceptors (Lipinski definition) is 2. The summed E-state index contributed by atoms with van der Waals surface area (Å²) >= 11 is 0. The van der Waals surface area contributed by atoms with Gasteiger partial charge in [0, 0.05) is 13.1 Å². The van der Waals surface area contributed by atoms with Crippen LogP contribution in [0.25, 0.3) is 0 Å². The van der Waals surface area contributed by atoms with Crippen molar-refractivity contribution in [1.82, 2.24) is 5.32 Å². The SMILES string of the molecule is CCCCCCCCCCCCCCCCCNCCN. The molecule has 0 aromatic carbocycles. The maximum atomic E-state index is 5.43. The lowest BCUT2D eigenvalue weighted by Crippen LogP contribution is -2.23. The first-order valence-electron chi connectivity index (χ1n) is 9.82. The van der Waals surface area contributed by atoms with Gasteiger partial charge in [-0.1, -0.05) is 96.8 Å². The van der Waals surface area contributed by atoms with Crippen molar-refractivity contribution in [2.24, 2.45) is 5.73 Å². The fourth-order valence-corrected chi connectivity index (χ4v) is 2.85. The first-order chi connectivity index (χ1) is 10.4. The second-order valence-corrected chi connectivity index (χ2v) is 6.49. The van der Waals surface area contributed by atoms with Gasteiger partial charge in [-0.15, -0.1) is 0 Å². The highest BCUT2D eigenvalue weighted by atomic mass is 14.9. The van der Waals surface area contributed by atoms with E-state index < -0.39 is 0 Å². The maximum Gasteiger partial charge on any atom is 0.00745 e. The molecule has 0 saturated heterocycles. The minimum Gasteiger partial charge on any atom is -0.329 e. The molecule has 0 aromatic heterocycles. The number of hydrogen-bond donors (Lipinski definition) is 2. The Morgan fingerprint density at radius 2 is 0.905 bits per heavy atom. The van der Waals surface area contributed by atoms with Crippen LogP contribution in [0, 0.1) is 0 Å². The van der Waals surface area contributed by atoms with Gasteiger partial charge in [0.2, 0.25) is 0 Å². The molecule has 21 heavy (non-hydrogen) atoms. The van der Waals surface area contributed by atoms with Gasteiger partial charge in [0.05, 0.1) is 0 Å². The quantitative estimate of drug-likeness (QED) is 0.332. The molecule has 0 unspecified atom stereocenters. The minimum atomic E-state index is 0.763. The zero-order valence-electron chi connectivity index (χ0n) is 14.8. The lowest BCUT2D eigenvalue weighted by Gasteiger charge is -2.04. The Morgan fingerprint density at radius 1 is 0.524 bits per heavy atom. The largest absolute Gasteiger partial charge is 0.329 e. The van der Waals surface area contributed by atoms with Crippen LogP contribution in [0.1, 0.15) is 103 Å².